The quantitative estimate of drug-likeness (QED) is 0.256. The van der Waals surface area contributed by atoms with E-state index in [0.717, 1.165) is 5.56 Å². The molecule has 0 saturated carbocycles. The van der Waals surface area contributed by atoms with E-state index in [4.69, 9.17) is 4.74 Å². The van der Waals surface area contributed by atoms with Crippen molar-refractivity contribution in [2.75, 3.05) is 6.61 Å². The molecule has 2 rings (SSSR count). The Labute approximate surface area is 139 Å². The summed E-state index contributed by atoms with van der Waals surface area (Å²) in [5.74, 6) is -1.98. The van der Waals surface area contributed by atoms with Crippen molar-refractivity contribution in [3.8, 4) is 0 Å². The van der Waals surface area contributed by atoms with E-state index in [1.54, 1.807) is 6.92 Å². The summed E-state index contributed by atoms with van der Waals surface area (Å²) < 4.78 is 5.01. The first kappa shape index (κ1) is 17.3. The molecule has 124 valence electrons. The molecule has 0 spiro atoms. The minimum atomic E-state index is -0.978. The van der Waals surface area contributed by atoms with Gasteiger partial charge in [-0.3, -0.25) is 19.7 Å². The van der Waals surface area contributed by atoms with E-state index in [2.05, 4.69) is 0 Å². The minimum absolute atomic E-state index is 0.109. The molecule has 0 aromatic heterocycles. The van der Waals surface area contributed by atoms with E-state index in [-0.39, 0.29) is 24.3 Å². The Morgan fingerprint density at radius 2 is 1.71 bits per heavy atom. The number of Topliss-reactive ketones (excluding diaryl/α,β-unsaturated/α-hetero) is 1. The highest BCUT2D eigenvalue weighted by Crippen LogP contribution is 2.19. The van der Waals surface area contributed by atoms with E-state index in [0.29, 0.717) is 0 Å². The summed E-state index contributed by atoms with van der Waals surface area (Å²) in [4.78, 5) is 35.0. The monoisotopic (exact) mass is 327 g/mol. The molecule has 2 aromatic carbocycles. The highest BCUT2D eigenvalue weighted by Gasteiger charge is 2.29. The normalized spacial score (nSPS) is 11.5. The number of carbonyl (C=O) groups excluding carboxylic acids is 2. The van der Waals surface area contributed by atoms with Crippen LogP contribution in [0.5, 0.6) is 0 Å². The second kappa shape index (κ2) is 8.01. The van der Waals surface area contributed by atoms with Crippen LogP contribution in [0.2, 0.25) is 0 Å². The molecule has 0 aliphatic heterocycles. The molecule has 6 nitrogen and oxygen atoms in total. The Balaban J connectivity index is 2.26. The van der Waals surface area contributed by atoms with E-state index in [1.807, 2.05) is 30.3 Å². The Bertz CT molecular complexity index is 725. The summed E-state index contributed by atoms with van der Waals surface area (Å²) >= 11 is 0. The average Bonchev–Trinajstić information content (AvgIpc) is 2.60. The molecule has 0 saturated heterocycles. The molecule has 0 bridgehead atoms. The lowest BCUT2D eigenvalue weighted by Crippen LogP contribution is -2.28. The molecular weight excluding hydrogens is 310 g/mol. The molecule has 0 fully saturated rings. The molecule has 0 aliphatic rings. The molecule has 2 aromatic rings. The maximum Gasteiger partial charge on any atom is 0.317 e. The molecule has 0 N–H and O–H groups in total. The summed E-state index contributed by atoms with van der Waals surface area (Å²) in [5.41, 5.74) is 0.975. The number of non-ortho nitro benzene ring substituents is 1. The fourth-order valence-electron chi connectivity index (χ4n) is 2.32. The summed E-state index contributed by atoms with van der Waals surface area (Å²) in [7, 11) is 0. The SMILES string of the molecule is CCOC(=O)C(Cc1ccccc1)C(=O)c1ccc([N+](=O)[O-])cc1. The van der Waals surface area contributed by atoms with Gasteiger partial charge >= 0.3 is 5.97 Å². The van der Waals surface area contributed by atoms with Crippen LogP contribution in [-0.4, -0.2) is 23.3 Å². The Kier molecular flexibility index (Phi) is 5.78. The number of hydrogen-bond donors (Lipinski definition) is 0. The first-order valence-electron chi connectivity index (χ1n) is 7.52. The van der Waals surface area contributed by atoms with Crippen LogP contribution in [0, 0.1) is 16.0 Å². The second-order valence-electron chi connectivity index (χ2n) is 5.16. The van der Waals surface area contributed by atoms with Crippen LogP contribution in [0.25, 0.3) is 0 Å². The van der Waals surface area contributed by atoms with Crippen molar-refractivity contribution >= 4 is 17.4 Å². The largest absolute Gasteiger partial charge is 0.465 e. The summed E-state index contributed by atoms with van der Waals surface area (Å²) in [6, 6.07) is 14.4. The predicted molar refractivity (Wildman–Crippen MR) is 87.7 cm³/mol. The van der Waals surface area contributed by atoms with Gasteiger partial charge in [0.2, 0.25) is 0 Å². The van der Waals surface area contributed by atoms with Crippen molar-refractivity contribution in [3.63, 3.8) is 0 Å². The van der Waals surface area contributed by atoms with Crippen LogP contribution in [0.1, 0.15) is 22.8 Å². The average molecular weight is 327 g/mol. The predicted octanol–water partition coefficient (Wildman–Crippen LogP) is 3.20. The van der Waals surface area contributed by atoms with Crippen LogP contribution in [0.15, 0.2) is 54.6 Å². The van der Waals surface area contributed by atoms with Crippen molar-refractivity contribution < 1.29 is 19.2 Å². The molecule has 0 amide bonds. The molecular formula is C18H17NO5. The van der Waals surface area contributed by atoms with Crippen molar-refractivity contribution in [1.82, 2.24) is 0 Å². The first-order valence-corrected chi connectivity index (χ1v) is 7.52. The van der Waals surface area contributed by atoms with Gasteiger partial charge in [0.15, 0.2) is 5.78 Å². The van der Waals surface area contributed by atoms with E-state index >= 15 is 0 Å². The number of carbonyl (C=O) groups is 2. The van der Waals surface area contributed by atoms with Gasteiger partial charge < -0.3 is 4.74 Å². The zero-order valence-electron chi connectivity index (χ0n) is 13.2. The number of nitro benzene ring substituents is 1. The first-order chi connectivity index (χ1) is 11.5. The molecule has 0 heterocycles. The minimum Gasteiger partial charge on any atom is -0.465 e. The van der Waals surface area contributed by atoms with Crippen molar-refractivity contribution in [3.05, 3.63) is 75.8 Å². The van der Waals surface area contributed by atoms with Gasteiger partial charge in [0.25, 0.3) is 5.69 Å². The third kappa shape index (κ3) is 4.25. The maximum absolute atomic E-state index is 12.7. The standard InChI is InChI=1S/C18H17NO5/c1-2-24-18(21)16(12-13-6-4-3-5-7-13)17(20)14-8-10-15(11-9-14)19(22)23/h3-11,16H,2,12H2,1H3. The van der Waals surface area contributed by atoms with E-state index in [9.17, 15) is 19.7 Å². The Morgan fingerprint density at radius 3 is 2.25 bits per heavy atom. The fourth-order valence-corrected chi connectivity index (χ4v) is 2.32. The maximum atomic E-state index is 12.7. The molecule has 0 radical (unpaired) electrons. The number of rotatable bonds is 7. The third-order valence-electron chi connectivity index (χ3n) is 3.53. The van der Waals surface area contributed by atoms with Crippen LogP contribution in [0.3, 0.4) is 0 Å². The highest BCUT2D eigenvalue weighted by molar-refractivity contribution is 6.08. The Hall–Kier alpha value is -3.02. The Morgan fingerprint density at radius 1 is 1.08 bits per heavy atom. The van der Waals surface area contributed by atoms with Gasteiger partial charge in [-0.1, -0.05) is 30.3 Å². The van der Waals surface area contributed by atoms with Crippen LogP contribution < -0.4 is 0 Å². The lowest BCUT2D eigenvalue weighted by molar-refractivity contribution is -0.384. The van der Waals surface area contributed by atoms with Gasteiger partial charge in [0.1, 0.15) is 5.92 Å². The number of benzene rings is 2. The molecule has 1 atom stereocenters. The van der Waals surface area contributed by atoms with Crippen molar-refractivity contribution in [1.29, 1.82) is 0 Å². The molecule has 6 heteroatoms. The highest BCUT2D eigenvalue weighted by atomic mass is 16.6. The third-order valence-corrected chi connectivity index (χ3v) is 3.53. The number of nitro groups is 1. The lowest BCUT2D eigenvalue weighted by Gasteiger charge is -2.14. The summed E-state index contributed by atoms with van der Waals surface area (Å²) in [6.07, 6.45) is 0.218. The van der Waals surface area contributed by atoms with Gasteiger partial charge in [-0.05, 0) is 31.0 Å². The van der Waals surface area contributed by atoms with Crippen LogP contribution in [-0.2, 0) is 16.0 Å². The van der Waals surface area contributed by atoms with Crippen molar-refractivity contribution in [2.24, 2.45) is 5.92 Å². The van der Waals surface area contributed by atoms with E-state index < -0.39 is 22.6 Å². The number of ketones is 1. The number of esters is 1. The van der Waals surface area contributed by atoms with E-state index in [1.165, 1.54) is 24.3 Å². The van der Waals surface area contributed by atoms with Gasteiger partial charge in [-0.15, -0.1) is 0 Å². The number of nitrogens with zero attached hydrogens (tertiary/aromatic N) is 1. The van der Waals surface area contributed by atoms with Gasteiger partial charge in [-0.25, -0.2) is 0 Å². The van der Waals surface area contributed by atoms with Gasteiger partial charge in [0.05, 0.1) is 11.5 Å². The van der Waals surface area contributed by atoms with Crippen LogP contribution >= 0.6 is 0 Å². The molecule has 1 unspecified atom stereocenters. The molecule has 24 heavy (non-hydrogen) atoms. The summed E-state index contributed by atoms with van der Waals surface area (Å²) in [5, 5.41) is 10.7. The number of ether oxygens (including phenoxy) is 1. The van der Waals surface area contributed by atoms with Crippen molar-refractivity contribution in [2.45, 2.75) is 13.3 Å². The zero-order chi connectivity index (χ0) is 17.5. The lowest BCUT2D eigenvalue weighted by atomic mass is 9.91. The molecule has 0 aliphatic carbocycles. The number of hydrogen-bond acceptors (Lipinski definition) is 5. The zero-order valence-corrected chi connectivity index (χ0v) is 13.2. The van der Waals surface area contributed by atoms with Crippen LogP contribution in [0.4, 0.5) is 5.69 Å². The second-order valence-corrected chi connectivity index (χ2v) is 5.16. The van der Waals surface area contributed by atoms with Gasteiger partial charge in [-0.2, -0.15) is 0 Å². The van der Waals surface area contributed by atoms with Gasteiger partial charge in [0, 0.05) is 17.7 Å². The topological polar surface area (TPSA) is 86.5 Å². The summed E-state index contributed by atoms with van der Waals surface area (Å²) in [6.45, 7) is 1.85. The smallest absolute Gasteiger partial charge is 0.317 e. The fraction of sp³-hybridized carbons (Fsp3) is 0.222.